The van der Waals surface area contributed by atoms with E-state index in [4.69, 9.17) is 9.84 Å². The molecular weight excluding hydrogens is 244 g/mol. The molecule has 19 heavy (non-hydrogen) atoms. The number of carboxylic acids is 1. The monoisotopic (exact) mass is 258 g/mol. The van der Waals surface area contributed by atoms with Crippen LogP contribution in [0.15, 0.2) is 36.4 Å². The van der Waals surface area contributed by atoms with Crippen LogP contribution >= 0.6 is 0 Å². The molecule has 1 atom stereocenters. The maximum atomic E-state index is 11.3. The lowest BCUT2D eigenvalue weighted by Gasteiger charge is -2.15. The summed E-state index contributed by atoms with van der Waals surface area (Å²) in [5.74, 6) is -0.726. The number of ether oxygens (including phenoxy) is 1. The number of carbonyl (C=O) groups excluding carboxylic acids is 1. The van der Waals surface area contributed by atoms with Crippen molar-refractivity contribution in [2.75, 3.05) is 0 Å². The molecule has 0 spiro atoms. The SMILES string of the molecule is CC[C@H](Oc1ccc2ccccc2c1C=O)C(=O)O. The molecule has 4 nitrogen and oxygen atoms in total. The van der Waals surface area contributed by atoms with Gasteiger partial charge in [0.2, 0.25) is 0 Å². The van der Waals surface area contributed by atoms with E-state index in [9.17, 15) is 9.59 Å². The molecule has 2 aromatic carbocycles. The summed E-state index contributed by atoms with van der Waals surface area (Å²) in [6.45, 7) is 1.72. The van der Waals surface area contributed by atoms with Crippen molar-refractivity contribution in [2.24, 2.45) is 0 Å². The molecule has 0 bridgehead atoms. The van der Waals surface area contributed by atoms with Crippen LogP contribution in [0.3, 0.4) is 0 Å². The predicted octanol–water partition coefficient (Wildman–Crippen LogP) is 2.89. The van der Waals surface area contributed by atoms with Gasteiger partial charge in [-0.05, 0) is 23.3 Å². The molecule has 2 rings (SSSR count). The minimum atomic E-state index is -1.03. The van der Waals surface area contributed by atoms with E-state index in [0.717, 1.165) is 10.8 Å². The molecule has 0 saturated heterocycles. The third-order valence-corrected chi connectivity index (χ3v) is 2.96. The number of hydrogen-bond acceptors (Lipinski definition) is 3. The fourth-order valence-corrected chi connectivity index (χ4v) is 1.96. The van der Waals surface area contributed by atoms with Crippen molar-refractivity contribution in [2.45, 2.75) is 19.4 Å². The largest absolute Gasteiger partial charge is 0.479 e. The van der Waals surface area contributed by atoms with Gasteiger partial charge in [0.05, 0.1) is 5.56 Å². The highest BCUT2D eigenvalue weighted by atomic mass is 16.5. The van der Waals surface area contributed by atoms with Crippen LogP contribution in [0.5, 0.6) is 5.75 Å². The molecule has 0 heterocycles. The van der Waals surface area contributed by atoms with Crippen molar-refractivity contribution in [3.8, 4) is 5.75 Å². The Balaban J connectivity index is 2.49. The van der Waals surface area contributed by atoms with Crippen LogP contribution in [0, 0.1) is 0 Å². The smallest absolute Gasteiger partial charge is 0.344 e. The second kappa shape index (κ2) is 5.52. The molecular formula is C15H14O4. The first-order valence-electron chi connectivity index (χ1n) is 6.03. The van der Waals surface area contributed by atoms with Gasteiger partial charge in [0, 0.05) is 0 Å². The maximum absolute atomic E-state index is 11.3. The Labute approximate surface area is 110 Å². The number of hydrogen-bond donors (Lipinski definition) is 1. The van der Waals surface area contributed by atoms with E-state index in [0.29, 0.717) is 24.0 Å². The summed E-state index contributed by atoms with van der Waals surface area (Å²) in [6, 6.07) is 10.9. The van der Waals surface area contributed by atoms with Crippen LogP contribution in [0.2, 0.25) is 0 Å². The fraction of sp³-hybridized carbons (Fsp3) is 0.200. The number of carbonyl (C=O) groups is 2. The highest BCUT2D eigenvalue weighted by Gasteiger charge is 2.19. The molecule has 98 valence electrons. The molecule has 0 saturated carbocycles. The normalized spacial score (nSPS) is 12.1. The first-order chi connectivity index (χ1) is 9.17. The third-order valence-electron chi connectivity index (χ3n) is 2.96. The van der Waals surface area contributed by atoms with Crippen molar-refractivity contribution >= 4 is 23.0 Å². The number of rotatable bonds is 5. The quantitative estimate of drug-likeness (QED) is 0.837. The van der Waals surface area contributed by atoms with Gasteiger partial charge >= 0.3 is 5.97 Å². The Hall–Kier alpha value is -2.36. The molecule has 2 aromatic rings. The molecule has 0 radical (unpaired) electrons. The summed E-state index contributed by atoms with van der Waals surface area (Å²) in [6.07, 6.45) is 0.0898. The molecule has 0 amide bonds. The number of aliphatic carboxylic acids is 1. The second-order valence-corrected chi connectivity index (χ2v) is 4.17. The lowest BCUT2D eigenvalue weighted by Crippen LogP contribution is -2.26. The standard InChI is InChI=1S/C15H14O4/c1-2-13(15(17)18)19-14-8-7-10-5-3-4-6-11(10)12(14)9-16/h3-9,13H,2H2,1H3,(H,17,18)/t13-/m0/s1. The summed E-state index contributed by atoms with van der Waals surface area (Å²) >= 11 is 0. The summed E-state index contributed by atoms with van der Waals surface area (Å²) in [5.41, 5.74) is 0.387. The summed E-state index contributed by atoms with van der Waals surface area (Å²) in [5, 5.41) is 10.7. The molecule has 0 aliphatic heterocycles. The minimum Gasteiger partial charge on any atom is -0.479 e. The summed E-state index contributed by atoms with van der Waals surface area (Å²) < 4.78 is 5.42. The van der Waals surface area contributed by atoms with E-state index in [1.54, 1.807) is 13.0 Å². The van der Waals surface area contributed by atoms with E-state index >= 15 is 0 Å². The zero-order chi connectivity index (χ0) is 13.8. The molecule has 1 N–H and O–H groups in total. The summed E-state index contributed by atoms with van der Waals surface area (Å²) in [4.78, 5) is 22.2. The number of carboxylic acid groups (broad SMARTS) is 1. The van der Waals surface area contributed by atoms with Gasteiger partial charge in [0.25, 0.3) is 0 Å². The first-order valence-corrected chi connectivity index (χ1v) is 6.03. The predicted molar refractivity (Wildman–Crippen MR) is 71.7 cm³/mol. The number of benzene rings is 2. The highest BCUT2D eigenvalue weighted by Crippen LogP contribution is 2.27. The average Bonchev–Trinajstić information content (AvgIpc) is 2.43. The Morgan fingerprint density at radius 3 is 2.68 bits per heavy atom. The van der Waals surface area contributed by atoms with Crippen LogP contribution < -0.4 is 4.74 Å². The highest BCUT2D eigenvalue weighted by molar-refractivity contribution is 6.00. The van der Waals surface area contributed by atoms with Crippen molar-refractivity contribution in [1.29, 1.82) is 0 Å². The van der Waals surface area contributed by atoms with Crippen LogP contribution in [0.25, 0.3) is 10.8 Å². The molecule has 0 unspecified atom stereocenters. The third kappa shape index (κ3) is 2.57. The van der Waals surface area contributed by atoms with Crippen LogP contribution in [-0.4, -0.2) is 23.5 Å². The van der Waals surface area contributed by atoms with E-state index < -0.39 is 12.1 Å². The van der Waals surface area contributed by atoms with Crippen molar-refractivity contribution in [3.05, 3.63) is 42.0 Å². The molecule has 0 fully saturated rings. The van der Waals surface area contributed by atoms with Crippen molar-refractivity contribution in [1.82, 2.24) is 0 Å². The van der Waals surface area contributed by atoms with Gasteiger partial charge in [0.15, 0.2) is 12.4 Å². The van der Waals surface area contributed by atoms with Gasteiger partial charge in [-0.15, -0.1) is 0 Å². The lowest BCUT2D eigenvalue weighted by atomic mass is 10.0. The molecule has 0 aliphatic carbocycles. The molecule has 4 heteroatoms. The zero-order valence-corrected chi connectivity index (χ0v) is 10.5. The van der Waals surface area contributed by atoms with Crippen LogP contribution in [0.1, 0.15) is 23.7 Å². The fourth-order valence-electron chi connectivity index (χ4n) is 1.96. The minimum absolute atomic E-state index is 0.308. The van der Waals surface area contributed by atoms with E-state index in [1.165, 1.54) is 0 Å². The lowest BCUT2D eigenvalue weighted by molar-refractivity contribution is -0.145. The van der Waals surface area contributed by atoms with E-state index in [1.807, 2.05) is 30.3 Å². The Morgan fingerprint density at radius 2 is 2.05 bits per heavy atom. The van der Waals surface area contributed by atoms with E-state index in [-0.39, 0.29) is 0 Å². The van der Waals surface area contributed by atoms with Gasteiger partial charge in [-0.1, -0.05) is 37.3 Å². The van der Waals surface area contributed by atoms with Gasteiger partial charge in [-0.3, -0.25) is 4.79 Å². The Kier molecular flexibility index (Phi) is 3.80. The van der Waals surface area contributed by atoms with Crippen molar-refractivity contribution < 1.29 is 19.4 Å². The van der Waals surface area contributed by atoms with Gasteiger partial charge in [-0.2, -0.15) is 0 Å². The Morgan fingerprint density at radius 1 is 1.32 bits per heavy atom. The topological polar surface area (TPSA) is 63.6 Å². The second-order valence-electron chi connectivity index (χ2n) is 4.17. The van der Waals surface area contributed by atoms with Gasteiger partial charge < -0.3 is 9.84 Å². The van der Waals surface area contributed by atoms with Crippen LogP contribution in [0.4, 0.5) is 0 Å². The maximum Gasteiger partial charge on any atom is 0.344 e. The number of aldehydes is 1. The van der Waals surface area contributed by atoms with Crippen molar-refractivity contribution in [3.63, 3.8) is 0 Å². The first kappa shape index (κ1) is 13.1. The summed E-state index contributed by atoms with van der Waals surface area (Å²) in [7, 11) is 0. The molecule has 0 aliphatic rings. The average molecular weight is 258 g/mol. The number of fused-ring (bicyclic) bond motifs is 1. The van der Waals surface area contributed by atoms with E-state index in [2.05, 4.69) is 0 Å². The Bertz CT molecular complexity index is 619. The molecule has 0 aromatic heterocycles. The van der Waals surface area contributed by atoms with Crippen LogP contribution in [-0.2, 0) is 4.79 Å². The zero-order valence-electron chi connectivity index (χ0n) is 10.5. The van der Waals surface area contributed by atoms with Gasteiger partial charge in [0.1, 0.15) is 5.75 Å². The van der Waals surface area contributed by atoms with Gasteiger partial charge in [-0.25, -0.2) is 4.79 Å².